The molecule has 0 unspecified atom stereocenters. The number of nitrogens with one attached hydrogen (secondary N) is 1. The van der Waals surface area contributed by atoms with Crippen molar-refractivity contribution in [2.45, 2.75) is 13.8 Å². The molecule has 0 heterocycles. The van der Waals surface area contributed by atoms with Gasteiger partial charge in [-0.15, -0.1) is 10.2 Å². The summed E-state index contributed by atoms with van der Waals surface area (Å²) in [6.07, 6.45) is 0. The zero-order valence-corrected chi connectivity index (χ0v) is 19.1. The molecule has 0 aliphatic rings. The molecular formula is C20H21FN6O8. The van der Waals surface area contributed by atoms with Crippen molar-refractivity contribution in [2.24, 2.45) is 10.2 Å². The minimum absolute atomic E-state index is 0.0250. The van der Waals surface area contributed by atoms with Crippen molar-refractivity contribution in [1.29, 1.82) is 0 Å². The number of azo groups is 1. The molecule has 0 fully saturated rings. The Morgan fingerprint density at radius 3 is 2.20 bits per heavy atom. The number of methoxy groups -OCH3 is 2. The van der Waals surface area contributed by atoms with Crippen LogP contribution in [0.15, 0.2) is 34.5 Å². The molecule has 15 heteroatoms. The fourth-order valence-electron chi connectivity index (χ4n) is 2.94. The van der Waals surface area contributed by atoms with E-state index in [9.17, 15) is 34.2 Å². The smallest absolute Gasteiger partial charge is 0.325 e. The summed E-state index contributed by atoms with van der Waals surface area (Å²) < 4.78 is 24.1. The van der Waals surface area contributed by atoms with Crippen molar-refractivity contribution < 1.29 is 33.3 Å². The maximum absolute atomic E-state index is 14.1. The number of esters is 1. The monoisotopic (exact) mass is 492 g/mol. The molecule has 1 amide bonds. The van der Waals surface area contributed by atoms with Gasteiger partial charge in [0.2, 0.25) is 11.7 Å². The van der Waals surface area contributed by atoms with Crippen LogP contribution in [0.3, 0.4) is 0 Å². The van der Waals surface area contributed by atoms with Crippen LogP contribution in [0.5, 0.6) is 5.75 Å². The predicted molar refractivity (Wildman–Crippen MR) is 121 cm³/mol. The number of likely N-dealkylation sites (N-methyl/N-ethyl adjacent to an activating group) is 1. The van der Waals surface area contributed by atoms with Gasteiger partial charge in [0, 0.05) is 25.6 Å². The Balaban J connectivity index is 2.64. The van der Waals surface area contributed by atoms with E-state index >= 15 is 0 Å². The number of carbonyl (C=O) groups excluding carboxylic acids is 2. The number of benzene rings is 2. The lowest BCUT2D eigenvalue weighted by Crippen LogP contribution is -2.30. The first-order valence-electron chi connectivity index (χ1n) is 9.87. The predicted octanol–water partition coefficient (Wildman–Crippen LogP) is 4.02. The number of ether oxygens (including phenoxy) is 2. The van der Waals surface area contributed by atoms with Gasteiger partial charge in [0.1, 0.15) is 18.0 Å². The van der Waals surface area contributed by atoms with Crippen molar-refractivity contribution in [2.75, 3.05) is 37.5 Å². The normalized spacial score (nSPS) is 10.7. The number of hydrogen-bond acceptors (Lipinski definition) is 11. The van der Waals surface area contributed by atoms with Crippen LogP contribution in [0.25, 0.3) is 0 Å². The van der Waals surface area contributed by atoms with Crippen LogP contribution in [0.2, 0.25) is 0 Å². The summed E-state index contributed by atoms with van der Waals surface area (Å²) in [4.78, 5) is 45.3. The number of rotatable bonds is 10. The van der Waals surface area contributed by atoms with Gasteiger partial charge >= 0.3 is 17.3 Å². The van der Waals surface area contributed by atoms with Crippen LogP contribution >= 0.6 is 0 Å². The van der Waals surface area contributed by atoms with Gasteiger partial charge in [-0.2, -0.15) is 4.39 Å². The van der Waals surface area contributed by atoms with Gasteiger partial charge in [0.05, 0.1) is 41.5 Å². The molecule has 2 aromatic rings. The van der Waals surface area contributed by atoms with Crippen LogP contribution in [-0.4, -0.2) is 49.0 Å². The number of halogens is 1. The quantitative estimate of drug-likeness (QED) is 0.222. The van der Waals surface area contributed by atoms with Crippen molar-refractivity contribution in [3.63, 3.8) is 0 Å². The van der Waals surface area contributed by atoms with Gasteiger partial charge in [0.15, 0.2) is 5.69 Å². The summed E-state index contributed by atoms with van der Waals surface area (Å²) in [6.45, 7) is 3.24. The van der Waals surface area contributed by atoms with E-state index in [0.717, 1.165) is 0 Å². The molecule has 0 aliphatic carbocycles. The van der Waals surface area contributed by atoms with Crippen molar-refractivity contribution in [3.05, 3.63) is 50.3 Å². The average molecular weight is 492 g/mol. The number of amides is 1. The molecule has 0 radical (unpaired) electrons. The zero-order chi connectivity index (χ0) is 26.3. The third-order valence-corrected chi connectivity index (χ3v) is 4.58. The molecule has 0 saturated carbocycles. The summed E-state index contributed by atoms with van der Waals surface area (Å²) in [6, 6.07) is 3.75. The van der Waals surface area contributed by atoms with Crippen LogP contribution in [0.4, 0.5) is 38.5 Å². The summed E-state index contributed by atoms with van der Waals surface area (Å²) >= 11 is 0. The molecule has 14 nitrogen and oxygen atoms in total. The molecule has 186 valence electrons. The maximum atomic E-state index is 14.1. The molecule has 0 spiro atoms. The van der Waals surface area contributed by atoms with Gasteiger partial charge in [0.25, 0.3) is 0 Å². The van der Waals surface area contributed by atoms with Gasteiger partial charge in [-0.3, -0.25) is 29.8 Å². The van der Waals surface area contributed by atoms with Crippen molar-refractivity contribution in [3.8, 4) is 5.75 Å². The molecular weight excluding hydrogens is 471 g/mol. The molecule has 35 heavy (non-hydrogen) atoms. The Hall–Kier alpha value is -4.69. The van der Waals surface area contributed by atoms with Crippen LogP contribution in [-0.2, 0) is 14.3 Å². The van der Waals surface area contributed by atoms with Crippen molar-refractivity contribution >= 4 is 46.0 Å². The highest BCUT2D eigenvalue weighted by Gasteiger charge is 2.25. The molecule has 2 aromatic carbocycles. The highest BCUT2D eigenvalue weighted by molar-refractivity contribution is 5.94. The summed E-state index contributed by atoms with van der Waals surface area (Å²) in [5.74, 6) is -2.14. The number of nitro groups is 2. The Morgan fingerprint density at radius 1 is 1.06 bits per heavy atom. The Morgan fingerprint density at radius 2 is 1.69 bits per heavy atom. The van der Waals surface area contributed by atoms with E-state index in [1.807, 2.05) is 0 Å². The number of anilines is 2. The fourth-order valence-corrected chi connectivity index (χ4v) is 2.94. The Kier molecular flexibility index (Phi) is 8.68. The lowest BCUT2D eigenvalue weighted by Gasteiger charge is -2.25. The first kappa shape index (κ1) is 26.6. The summed E-state index contributed by atoms with van der Waals surface area (Å²) in [5.41, 5.74) is -2.05. The minimum atomic E-state index is -1.34. The average Bonchev–Trinajstić information content (AvgIpc) is 2.80. The van der Waals surface area contributed by atoms with E-state index in [-0.39, 0.29) is 23.7 Å². The standard InChI is InChI=1S/C20H21FN6O8/c1-5-25(10-20(29)35-4)18-7-13(22-11(2)28)14(8-19(18)34-3)23-24-15-6-12(21)16(26(30)31)9-17(15)27(32)33/h6-9H,5,10H2,1-4H3,(H,22,28). The van der Waals surface area contributed by atoms with Gasteiger partial charge < -0.3 is 19.7 Å². The second-order valence-corrected chi connectivity index (χ2v) is 6.82. The summed E-state index contributed by atoms with van der Waals surface area (Å²) in [5, 5.41) is 32.3. The third-order valence-electron chi connectivity index (χ3n) is 4.58. The first-order chi connectivity index (χ1) is 16.5. The minimum Gasteiger partial charge on any atom is -0.494 e. The van der Waals surface area contributed by atoms with E-state index in [2.05, 4.69) is 15.5 Å². The molecule has 0 aromatic heterocycles. The molecule has 0 saturated heterocycles. The van der Waals surface area contributed by atoms with Crippen LogP contribution in [0.1, 0.15) is 13.8 Å². The van der Waals surface area contributed by atoms with E-state index in [1.54, 1.807) is 11.8 Å². The Labute approximate surface area is 197 Å². The second kappa shape index (κ2) is 11.4. The van der Waals surface area contributed by atoms with Gasteiger partial charge in [-0.25, -0.2) is 0 Å². The summed E-state index contributed by atoms with van der Waals surface area (Å²) in [7, 11) is 2.58. The van der Waals surface area contributed by atoms with Gasteiger partial charge in [-0.1, -0.05) is 0 Å². The lowest BCUT2D eigenvalue weighted by molar-refractivity contribution is -0.395. The number of nitrogens with zero attached hydrogens (tertiary/aromatic N) is 5. The molecule has 0 aliphatic heterocycles. The third kappa shape index (κ3) is 6.43. The molecule has 0 bridgehead atoms. The maximum Gasteiger partial charge on any atom is 0.325 e. The van der Waals surface area contributed by atoms with Crippen LogP contribution < -0.4 is 15.0 Å². The van der Waals surface area contributed by atoms with Gasteiger partial charge in [-0.05, 0) is 13.0 Å². The van der Waals surface area contributed by atoms with E-state index in [0.29, 0.717) is 24.4 Å². The molecule has 1 N–H and O–H groups in total. The highest BCUT2D eigenvalue weighted by atomic mass is 19.1. The van der Waals surface area contributed by atoms with E-state index in [1.165, 1.54) is 33.3 Å². The number of carbonyl (C=O) groups is 2. The highest BCUT2D eigenvalue weighted by Crippen LogP contribution is 2.41. The topological polar surface area (TPSA) is 179 Å². The van der Waals surface area contributed by atoms with E-state index < -0.39 is 44.6 Å². The van der Waals surface area contributed by atoms with Crippen molar-refractivity contribution in [1.82, 2.24) is 0 Å². The Bertz CT molecular complexity index is 1200. The largest absolute Gasteiger partial charge is 0.494 e. The lowest BCUT2D eigenvalue weighted by atomic mass is 10.2. The first-order valence-corrected chi connectivity index (χ1v) is 9.87. The zero-order valence-electron chi connectivity index (χ0n) is 19.1. The number of hydrogen-bond donors (Lipinski definition) is 1. The molecule has 0 atom stereocenters. The fraction of sp³-hybridized carbons (Fsp3) is 0.300. The van der Waals surface area contributed by atoms with Crippen LogP contribution in [0, 0.1) is 26.0 Å². The number of nitro benzene ring substituents is 2. The second-order valence-electron chi connectivity index (χ2n) is 6.82. The van der Waals surface area contributed by atoms with E-state index in [4.69, 9.17) is 9.47 Å². The molecule has 2 rings (SSSR count). The SMILES string of the molecule is CCN(CC(=O)OC)c1cc(NC(C)=O)c(N=Nc2cc(F)c([N+](=O)[O-])cc2[N+](=O)[O-])cc1OC.